The second-order valence-electron chi connectivity index (χ2n) is 4.15. The minimum atomic E-state index is 0.157. The average Bonchev–Trinajstić information content (AvgIpc) is 2.78. The summed E-state index contributed by atoms with van der Waals surface area (Å²) in [5.74, 6) is 0.930. The third kappa shape index (κ3) is 2.23. The van der Waals surface area contributed by atoms with Crippen molar-refractivity contribution in [1.82, 2.24) is 0 Å². The second-order valence-corrected chi connectivity index (χ2v) is 4.42. The van der Waals surface area contributed by atoms with Gasteiger partial charge in [-0.15, -0.1) is 11.6 Å². The summed E-state index contributed by atoms with van der Waals surface area (Å²) >= 11 is 5.64. The molecule has 0 radical (unpaired) electrons. The lowest BCUT2D eigenvalue weighted by Gasteiger charge is -2.17. The summed E-state index contributed by atoms with van der Waals surface area (Å²) in [7, 11) is 0. The normalized spacial score (nSPS) is 25.4. The van der Waals surface area contributed by atoms with Crippen molar-refractivity contribution in [3.63, 3.8) is 0 Å². The molecule has 2 rings (SSSR count). The SMILES string of the molecule is O=C(CCl)[C@H]1CCC[C@@H]1c1ccccc1. The molecule has 0 amide bonds. The summed E-state index contributed by atoms with van der Waals surface area (Å²) in [5.41, 5.74) is 1.29. The lowest BCUT2D eigenvalue weighted by Crippen LogP contribution is -2.18. The number of ketones is 1. The number of halogens is 1. The first-order valence-electron chi connectivity index (χ1n) is 5.46. The van der Waals surface area contributed by atoms with Gasteiger partial charge in [0.05, 0.1) is 5.88 Å². The molecule has 1 saturated carbocycles. The van der Waals surface area contributed by atoms with E-state index in [9.17, 15) is 4.79 Å². The third-order valence-corrected chi connectivity index (χ3v) is 3.55. The van der Waals surface area contributed by atoms with Crippen molar-refractivity contribution >= 4 is 17.4 Å². The number of carbonyl (C=O) groups excluding carboxylic acids is 1. The molecule has 1 fully saturated rings. The molecule has 2 atom stereocenters. The monoisotopic (exact) mass is 222 g/mol. The summed E-state index contributed by atoms with van der Waals surface area (Å²) in [6.45, 7) is 0. The molecule has 1 nitrogen and oxygen atoms in total. The summed E-state index contributed by atoms with van der Waals surface area (Å²) in [6, 6.07) is 10.3. The van der Waals surface area contributed by atoms with E-state index in [0.717, 1.165) is 19.3 Å². The summed E-state index contributed by atoms with van der Waals surface area (Å²) in [6.07, 6.45) is 3.27. The number of alkyl halides is 1. The van der Waals surface area contributed by atoms with Crippen LogP contribution in [0.4, 0.5) is 0 Å². The van der Waals surface area contributed by atoms with Crippen LogP contribution in [0.15, 0.2) is 30.3 Å². The molecule has 0 unspecified atom stereocenters. The van der Waals surface area contributed by atoms with Crippen molar-refractivity contribution < 1.29 is 4.79 Å². The largest absolute Gasteiger partial charge is 0.298 e. The molecule has 0 aromatic heterocycles. The fraction of sp³-hybridized carbons (Fsp3) is 0.462. The van der Waals surface area contributed by atoms with Gasteiger partial charge in [0.1, 0.15) is 0 Å². The standard InChI is InChI=1S/C13H15ClO/c14-9-13(15)12-8-4-7-11(12)10-5-2-1-3-6-10/h1-3,5-6,11-12H,4,7-9H2/t11-,12+/m1/s1. The summed E-state index contributed by atoms with van der Waals surface area (Å²) in [5, 5.41) is 0. The Morgan fingerprint density at radius 3 is 2.67 bits per heavy atom. The van der Waals surface area contributed by atoms with Crippen LogP contribution in [-0.4, -0.2) is 11.7 Å². The Labute approximate surface area is 95.4 Å². The van der Waals surface area contributed by atoms with E-state index in [2.05, 4.69) is 12.1 Å². The molecule has 2 heteroatoms. The Balaban J connectivity index is 2.18. The first-order chi connectivity index (χ1) is 7.33. The Hall–Kier alpha value is -0.820. The minimum absolute atomic E-state index is 0.157. The lowest BCUT2D eigenvalue weighted by molar-refractivity contribution is -0.120. The zero-order valence-corrected chi connectivity index (χ0v) is 9.41. The van der Waals surface area contributed by atoms with E-state index in [1.807, 2.05) is 18.2 Å². The van der Waals surface area contributed by atoms with Gasteiger partial charge in [0.15, 0.2) is 5.78 Å². The van der Waals surface area contributed by atoms with Crippen molar-refractivity contribution in [2.75, 3.05) is 5.88 Å². The van der Waals surface area contributed by atoms with Crippen molar-refractivity contribution in [2.45, 2.75) is 25.2 Å². The van der Waals surface area contributed by atoms with Crippen molar-refractivity contribution in [2.24, 2.45) is 5.92 Å². The number of carbonyl (C=O) groups is 1. The maximum Gasteiger partial charge on any atom is 0.151 e. The van der Waals surface area contributed by atoms with Crippen LogP contribution in [0, 0.1) is 5.92 Å². The number of Topliss-reactive ketones (excluding diaryl/α,β-unsaturated/α-hetero) is 1. The molecule has 0 spiro atoms. The van der Waals surface area contributed by atoms with E-state index in [0.29, 0.717) is 5.92 Å². The van der Waals surface area contributed by atoms with Gasteiger partial charge in [-0.25, -0.2) is 0 Å². The molecular formula is C13H15ClO. The van der Waals surface area contributed by atoms with Gasteiger partial charge in [0, 0.05) is 5.92 Å². The fourth-order valence-electron chi connectivity index (χ4n) is 2.54. The predicted octanol–water partition coefficient (Wildman–Crippen LogP) is 3.38. The highest BCUT2D eigenvalue weighted by Gasteiger charge is 2.32. The van der Waals surface area contributed by atoms with Crippen molar-refractivity contribution in [1.29, 1.82) is 0 Å². The summed E-state index contributed by atoms with van der Waals surface area (Å²) in [4.78, 5) is 11.7. The Bertz CT molecular complexity index is 334. The molecule has 80 valence electrons. The van der Waals surface area contributed by atoms with Crippen LogP contribution >= 0.6 is 11.6 Å². The zero-order valence-electron chi connectivity index (χ0n) is 8.66. The Morgan fingerprint density at radius 1 is 1.27 bits per heavy atom. The van der Waals surface area contributed by atoms with Crippen LogP contribution in [0.5, 0.6) is 0 Å². The second kappa shape index (κ2) is 4.80. The van der Waals surface area contributed by atoms with Gasteiger partial charge in [-0.2, -0.15) is 0 Å². The van der Waals surface area contributed by atoms with E-state index < -0.39 is 0 Å². The zero-order chi connectivity index (χ0) is 10.7. The first-order valence-corrected chi connectivity index (χ1v) is 6.00. The molecular weight excluding hydrogens is 208 g/mol. The van der Waals surface area contributed by atoms with Gasteiger partial charge in [0.25, 0.3) is 0 Å². The van der Waals surface area contributed by atoms with E-state index >= 15 is 0 Å². The molecule has 0 heterocycles. The van der Waals surface area contributed by atoms with E-state index in [1.165, 1.54) is 5.56 Å². The van der Waals surface area contributed by atoms with Gasteiger partial charge in [-0.3, -0.25) is 4.79 Å². The van der Waals surface area contributed by atoms with E-state index in [-0.39, 0.29) is 17.6 Å². The van der Waals surface area contributed by atoms with Crippen LogP contribution in [0.25, 0.3) is 0 Å². The van der Waals surface area contributed by atoms with Crippen LogP contribution in [-0.2, 0) is 4.79 Å². The minimum Gasteiger partial charge on any atom is -0.298 e. The molecule has 0 N–H and O–H groups in total. The maximum atomic E-state index is 11.7. The molecule has 0 aliphatic heterocycles. The van der Waals surface area contributed by atoms with Gasteiger partial charge in [-0.1, -0.05) is 36.8 Å². The molecule has 1 aromatic rings. The first kappa shape index (κ1) is 10.7. The molecule has 15 heavy (non-hydrogen) atoms. The van der Waals surface area contributed by atoms with Crippen molar-refractivity contribution in [3.8, 4) is 0 Å². The third-order valence-electron chi connectivity index (χ3n) is 3.29. The van der Waals surface area contributed by atoms with Gasteiger partial charge in [-0.05, 0) is 24.3 Å². The lowest BCUT2D eigenvalue weighted by atomic mass is 9.87. The predicted molar refractivity (Wildman–Crippen MR) is 62.3 cm³/mol. The Morgan fingerprint density at radius 2 is 2.00 bits per heavy atom. The number of hydrogen-bond acceptors (Lipinski definition) is 1. The van der Waals surface area contributed by atoms with Crippen molar-refractivity contribution in [3.05, 3.63) is 35.9 Å². The molecule has 1 aliphatic carbocycles. The molecule has 0 saturated heterocycles. The topological polar surface area (TPSA) is 17.1 Å². The fourth-order valence-corrected chi connectivity index (χ4v) is 2.74. The van der Waals surface area contributed by atoms with Crippen LogP contribution in [0.1, 0.15) is 30.7 Å². The van der Waals surface area contributed by atoms with Crippen LogP contribution < -0.4 is 0 Å². The Kier molecular flexibility index (Phi) is 3.42. The summed E-state index contributed by atoms with van der Waals surface area (Å²) < 4.78 is 0. The van der Waals surface area contributed by atoms with Gasteiger partial charge in [0.2, 0.25) is 0 Å². The highest BCUT2D eigenvalue weighted by atomic mass is 35.5. The number of hydrogen-bond donors (Lipinski definition) is 0. The number of rotatable bonds is 3. The van der Waals surface area contributed by atoms with E-state index in [1.54, 1.807) is 0 Å². The molecule has 0 bridgehead atoms. The maximum absolute atomic E-state index is 11.7. The quantitative estimate of drug-likeness (QED) is 0.717. The highest BCUT2D eigenvalue weighted by Crippen LogP contribution is 2.40. The van der Waals surface area contributed by atoms with Crippen LogP contribution in [0.2, 0.25) is 0 Å². The average molecular weight is 223 g/mol. The highest BCUT2D eigenvalue weighted by molar-refractivity contribution is 6.28. The smallest absolute Gasteiger partial charge is 0.151 e. The van der Waals surface area contributed by atoms with Gasteiger partial charge < -0.3 is 0 Å². The molecule has 1 aliphatic rings. The van der Waals surface area contributed by atoms with E-state index in [4.69, 9.17) is 11.6 Å². The van der Waals surface area contributed by atoms with Crippen LogP contribution in [0.3, 0.4) is 0 Å². The van der Waals surface area contributed by atoms with Gasteiger partial charge >= 0.3 is 0 Å². The number of benzene rings is 1. The molecule has 1 aromatic carbocycles.